The third-order valence-corrected chi connectivity index (χ3v) is 6.93. The highest BCUT2D eigenvalue weighted by Crippen LogP contribution is 2.32. The molecule has 2 aromatic heterocycles. The van der Waals surface area contributed by atoms with Gasteiger partial charge in [0.25, 0.3) is 0 Å². The van der Waals surface area contributed by atoms with E-state index in [9.17, 15) is 14.4 Å². The van der Waals surface area contributed by atoms with Gasteiger partial charge in [0.2, 0.25) is 5.91 Å². The fourth-order valence-corrected chi connectivity index (χ4v) is 4.86. The summed E-state index contributed by atoms with van der Waals surface area (Å²) in [7, 11) is 0. The first-order valence-electron chi connectivity index (χ1n) is 13.4. The summed E-state index contributed by atoms with van der Waals surface area (Å²) in [4.78, 5) is 45.6. The molecular weight excluding hydrogens is 490 g/mol. The molecule has 7 heteroatoms. The Balaban J connectivity index is 1.30. The van der Waals surface area contributed by atoms with E-state index >= 15 is 0 Å². The number of carbonyl (C=O) groups is 3. The van der Waals surface area contributed by atoms with Crippen LogP contribution in [0.15, 0.2) is 65.5 Å². The number of ketones is 2. The summed E-state index contributed by atoms with van der Waals surface area (Å²) in [6.45, 7) is 5.53. The van der Waals surface area contributed by atoms with Crippen molar-refractivity contribution in [1.82, 2.24) is 15.3 Å². The fraction of sp³-hybridized carbons (Fsp3) is 0.344. The van der Waals surface area contributed by atoms with Crippen molar-refractivity contribution in [2.45, 2.75) is 65.2 Å². The third kappa shape index (κ3) is 7.69. The van der Waals surface area contributed by atoms with E-state index in [-0.39, 0.29) is 42.8 Å². The first-order chi connectivity index (χ1) is 18.8. The minimum atomic E-state index is -0.244. The average molecular weight is 526 g/mol. The first kappa shape index (κ1) is 27.9. The van der Waals surface area contributed by atoms with Crippen LogP contribution in [0.5, 0.6) is 0 Å². The maximum Gasteiger partial charge on any atom is 0.220 e. The molecule has 1 N–H and O–H groups in total. The van der Waals surface area contributed by atoms with Gasteiger partial charge < -0.3 is 14.5 Å². The molecule has 0 saturated heterocycles. The van der Waals surface area contributed by atoms with Crippen LogP contribution in [0.25, 0.3) is 22.2 Å². The Bertz CT molecular complexity index is 1460. The smallest absolute Gasteiger partial charge is 0.220 e. The normalized spacial score (nSPS) is 11.9. The maximum absolute atomic E-state index is 12.7. The Morgan fingerprint density at radius 2 is 1.74 bits per heavy atom. The minimum absolute atomic E-state index is 0.0194. The van der Waals surface area contributed by atoms with Crippen molar-refractivity contribution in [3.63, 3.8) is 0 Å². The Hall–Kier alpha value is -4.13. The molecule has 2 aromatic carbocycles. The zero-order valence-corrected chi connectivity index (χ0v) is 22.8. The van der Waals surface area contributed by atoms with E-state index in [1.807, 2.05) is 56.3 Å². The average Bonchev–Trinajstić information content (AvgIpc) is 3.41. The highest BCUT2D eigenvalue weighted by atomic mass is 16.3. The highest BCUT2D eigenvalue weighted by Gasteiger charge is 2.19. The molecule has 0 spiro atoms. The Morgan fingerprint density at radius 3 is 2.49 bits per heavy atom. The molecule has 202 valence electrons. The van der Waals surface area contributed by atoms with Gasteiger partial charge >= 0.3 is 0 Å². The molecule has 0 saturated carbocycles. The number of aromatic nitrogens is 2. The number of fused-ring (bicyclic) bond motifs is 1. The molecule has 7 nitrogen and oxygen atoms in total. The standard InChI is InChI=1S/C32H35N3O4/c1-21-14-15-33-27(16-21)6-4-5-7-30(38)34-19-28(37)18-26(17-23(3)36)24-9-11-25(12-10-24)29-13-8-22(2)31-32(29)39-20-35-31/h8-16,20,26H,4-7,17-19H2,1-3H3,(H,34,38)/t26-/m1/s1. The number of nitrogens with one attached hydrogen (secondary N) is 1. The molecule has 39 heavy (non-hydrogen) atoms. The van der Waals surface area contributed by atoms with Crippen LogP contribution in [0.3, 0.4) is 0 Å². The molecular formula is C32H35N3O4. The molecule has 0 aliphatic rings. The summed E-state index contributed by atoms with van der Waals surface area (Å²) >= 11 is 0. The number of unbranched alkanes of at least 4 members (excludes halogenated alkanes) is 1. The van der Waals surface area contributed by atoms with E-state index in [2.05, 4.69) is 21.4 Å². The van der Waals surface area contributed by atoms with Gasteiger partial charge in [-0.25, -0.2) is 4.98 Å². The van der Waals surface area contributed by atoms with Crippen molar-refractivity contribution in [2.75, 3.05) is 6.54 Å². The quantitative estimate of drug-likeness (QED) is 0.213. The van der Waals surface area contributed by atoms with Crippen molar-refractivity contribution in [3.05, 3.63) is 83.5 Å². The number of rotatable bonds is 13. The van der Waals surface area contributed by atoms with Crippen LogP contribution in [-0.2, 0) is 20.8 Å². The van der Waals surface area contributed by atoms with Gasteiger partial charge in [0.15, 0.2) is 17.8 Å². The molecule has 0 aliphatic carbocycles. The maximum atomic E-state index is 12.7. The summed E-state index contributed by atoms with van der Waals surface area (Å²) in [5, 5.41) is 2.74. The number of hydrogen-bond donors (Lipinski definition) is 1. The molecule has 0 radical (unpaired) electrons. The molecule has 0 fully saturated rings. The predicted molar refractivity (Wildman–Crippen MR) is 151 cm³/mol. The van der Waals surface area contributed by atoms with E-state index in [1.165, 1.54) is 18.9 Å². The Labute approximate surface area is 229 Å². The van der Waals surface area contributed by atoms with Gasteiger partial charge in [0.05, 0.1) is 6.54 Å². The lowest BCUT2D eigenvalue weighted by Crippen LogP contribution is -2.30. The number of aryl methyl sites for hydroxylation is 3. The summed E-state index contributed by atoms with van der Waals surface area (Å²) in [5.41, 5.74) is 7.65. The highest BCUT2D eigenvalue weighted by molar-refractivity contribution is 5.92. The summed E-state index contributed by atoms with van der Waals surface area (Å²) in [5.74, 6) is -0.452. The van der Waals surface area contributed by atoms with E-state index in [0.29, 0.717) is 6.42 Å². The number of nitrogens with zero attached hydrogens (tertiary/aromatic N) is 2. The van der Waals surface area contributed by atoms with E-state index < -0.39 is 0 Å². The van der Waals surface area contributed by atoms with Crippen LogP contribution < -0.4 is 5.32 Å². The molecule has 1 atom stereocenters. The lowest BCUT2D eigenvalue weighted by molar-refractivity contribution is -0.125. The van der Waals surface area contributed by atoms with Gasteiger partial charge in [0.1, 0.15) is 11.3 Å². The van der Waals surface area contributed by atoms with E-state index in [1.54, 1.807) is 6.20 Å². The topological polar surface area (TPSA) is 102 Å². The second-order valence-corrected chi connectivity index (χ2v) is 10.2. The van der Waals surface area contributed by atoms with Gasteiger partial charge in [0, 0.05) is 36.7 Å². The Morgan fingerprint density at radius 1 is 0.949 bits per heavy atom. The zero-order chi connectivity index (χ0) is 27.8. The first-order valence-corrected chi connectivity index (χ1v) is 13.4. The second-order valence-electron chi connectivity index (χ2n) is 10.2. The van der Waals surface area contributed by atoms with Crippen LogP contribution in [0.1, 0.15) is 67.3 Å². The number of Topliss-reactive ketones (excluding diaryl/α,β-unsaturated/α-hetero) is 2. The van der Waals surface area contributed by atoms with Gasteiger partial charge in [-0.3, -0.25) is 14.6 Å². The largest absolute Gasteiger partial charge is 0.443 e. The Kier molecular flexibility index (Phi) is 9.36. The van der Waals surface area contributed by atoms with E-state index in [4.69, 9.17) is 4.42 Å². The van der Waals surface area contributed by atoms with Crippen molar-refractivity contribution < 1.29 is 18.8 Å². The SMILES string of the molecule is CC(=O)C[C@H](CC(=O)CNC(=O)CCCCc1cc(C)ccn1)c1ccc(-c2ccc(C)c3ncoc23)cc1. The number of benzene rings is 2. The summed E-state index contributed by atoms with van der Waals surface area (Å²) < 4.78 is 5.63. The summed E-state index contributed by atoms with van der Waals surface area (Å²) in [6, 6.07) is 15.9. The number of hydrogen-bond acceptors (Lipinski definition) is 6. The minimum Gasteiger partial charge on any atom is -0.443 e. The van der Waals surface area contributed by atoms with Crippen molar-refractivity contribution in [2.24, 2.45) is 0 Å². The second kappa shape index (κ2) is 13.1. The molecule has 0 unspecified atom stereocenters. The third-order valence-electron chi connectivity index (χ3n) is 6.93. The van der Waals surface area contributed by atoms with Gasteiger partial charge in [-0.05, 0) is 80.3 Å². The number of amides is 1. The molecule has 2 heterocycles. The van der Waals surface area contributed by atoms with Crippen LogP contribution in [0.2, 0.25) is 0 Å². The fourth-order valence-electron chi connectivity index (χ4n) is 4.86. The van der Waals surface area contributed by atoms with Gasteiger partial charge in [-0.1, -0.05) is 36.4 Å². The molecule has 0 bridgehead atoms. The van der Waals surface area contributed by atoms with Crippen LogP contribution in [0.4, 0.5) is 0 Å². The molecule has 4 aromatic rings. The van der Waals surface area contributed by atoms with Crippen molar-refractivity contribution in [1.29, 1.82) is 0 Å². The molecule has 1 amide bonds. The van der Waals surface area contributed by atoms with Crippen LogP contribution in [0, 0.1) is 13.8 Å². The number of carbonyl (C=O) groups excluding carboxylic acids is 3. The monoisotopic (exact) mass is 525 g/mol. The van der Waals surface area contributed by atoms with Crippen molar-refractivity contribution >= 4 is 28.6 Å². The van der Waals surface area contributed by atoms with Crippen LogP contribution >= 0.6 is 0 Å². The van der Waals surface area contributed by atoms with Crippen LogP contribution in [-0.4, -0.2) is 34.0 Å². The lowest BCUT2D eigenvalue weighted by atomic mass is 9.88. The van der Waals surface area contributed by atoms with Crippen molar-refractivity contribution in [3.8, 4) is 11.1 Å². The summed E-state index contributed by atoms with van der Waals surface area (Å²) in [6.07, 6.45) is 6.50. The van der Waals surface area contributed by atoms with Gasteiger partial charge in [-0.15, -0.1) is 0 Å². The van der Waals surface area contributed by atoms with E-state index in [0.717, 1.165) is 58.3 Å². The zero-order valence-electron chi connectivity index (χ0n) is 22.8. The number of pyridine rings is 1. The van der Waals surface area contributed by atoms with Gasteiger partial charge in [-0.2, -0.15) is 0 Å². The lowest BCUT2D eigenvalue weighted by Gasteiger charge is -2.16. The molecule has 4 rings (SSSR count). The predicted octanol–water partition coefficient (Wildman–Crippen LogP) is 6.06. The number of oxazole rings is 1. The molecule has 0 aliphatic heterocycles.